The molecule has 3 aromatic rings. The highest BCUT2D eigenvalue weighted by atomic mass is 32.1. The minimum Gasteiger partial charge on any atom is -0.386 e. The van der Waals surface area contributed by atoms with Gasteiger partial charge in [0, 0.05) is 21.8 Å². The van der Waals surface area contributed by atoms with E-state index in [1.807, 2.05) is 54.6 Å². The smallest absolute Gasteiger partial charge is 0.167 e. The highest BCUT2D eigenvalue weighted by molar-refractivity contribution is 6.96. The van der Waals surface area contributed by atoms with Gasteiger partial charge in [-0.1, -0.05) is 36.4 Å². The Balaban J connectivity index is 1.96. The topological polar surface area (TPSA) is 62.9 Å². The van der Waals surface area contributed by atoms with Gasteiger partial charge in [0.05, 0.1) is 5.69 Å². The second kappa shape index (κ2) is 5.50. The molecule has 0 amide bonds. The highest BCUT2D eigenvalue weighted by Crippen LogP contribution is 2.32. The van der Waals surface area contributed by atoms with Crippen molar-refractivity contribution in [2.45, 2.75) is 0 Å². The summed E-state index contributed by atoms with van der Waals surface area (Å²) in [4.78, 5) is 5.25. The van der Waals surface area contributed by atoms with Gasteiger partial charge in [-0.15, -0.1) is 5.11 Å². The van der Waals surface area contributed by atoms with Crippen LogP contribution in [0.3, 0.4) is 0 Å². The summed E-state index contributed by atoms with van der Waals surface area (Å²) in [6.45, 7) is 0. The molecule has 6 heteroatoms. The normalized spacial score (nSPS) is 13.0. The molecule has 22 heavy (non-hydrogen) atoms. The van der Waals surface area contributed by atoms with Gasteiger partial charge in [0.2, 0.25) is 0 Å². The number of aromatic amines is 1. The Morgan fingerprint density at radius 2 is 1.91 bits per heavy atom. The van der Waals surface area contributed by atoms with Gasteiger partial charge in [0.1, 0.15) is 18.0 Å². The fourth-order valence-electron chi connectivity index (χ4n) is 2.25. The molecule has 0 atom stereocenters. The van der Waals surface area contributed by atoms with Crippen LogP contribution in [0.15, 0.2) is 68.8 Å². The summed E-state index contributed by atoms with van der Waals surface area (Å²) in [6, 6.07) is 17.4. The van der Waals surface area contributed by atoms with E-state index in [0.29, 0.717) is 5.75 Å². The number of nitrogens with zero attached hydrogens (tertiary/aromatic N) is 2. The third-order valence-corrected chi connectivity index (χ3v) is 3.84. The second-order valence-electron chi connectivity index (χ2n) is 4.62. The van der Waals surface area contributed by atoms with Crippen molar-refractivity contribution in [3.05, 3.63) is 72.1 Å². The molecule has 1 aliphatic heterocycles. The van der Waals surface area contributed by atoms with Crippen LogP contribution in [0.2, 0.25) is 0 Å². The molecule has 0 unspecified atom stereocenters. The van der Waals surface area contributed by atoms with Crippen LogP contribution < -0.4 is 4.84 Å². The summed E-state index contributed by atoms with van der Waals surface area (Å²) in [5.74, 6) is 0.636. The van der Waals surface area contributed by atoms with Crippen LogP contribution in [0.25, 0.3) is 16.5 Å². The van der Waals surface area contributed by atoms with E-state index >= 15 is 0 Å². The zero-order valence-electron chi connectivity index (χ0n) is 11.3. The number of aromatic nitrogens is 1. The highest BCUT2D eigenvalue weighted by Gasteiger charge is 2.15. The molecule has 107 valence electrons. The van der Waals surface area contributed by atoms with Crippen molar-refractivity contribution in [2.24, 2.45) is 10.4 Å². The maximum atomic E-state index is 5.62. The Bertz CT molecular complexity index is 931. The molecule has 0 saturated heterocycles. The second-order valence-corrected chi connectivity index (χ2v) is 5.16. The van der Waals surface area contributed by atoms with E-state index in [2.05, 4.69) is 21.0 Å². The molecular formula is C16H10N3O2S. The lowest BCUT2D eigenvalue weighted by Gasteiger charge is -2.06. The summed E-state index contributed by atoms with van der Waals surface area (Å²) in [6.07, 6.45) is 2.92. The predicted molar refractivity (Wildman–Crippen MR) is 83.7 cm³/mol. The molecule has 0 bridgehead atoms. The molecule has 1 N–H and O–H groups in total. The fourth-order valence-corrected chi connectivity index (χ4v) is 2.78. The number of hydrogen-bond acceptors (Lipinski definition) is 5. The third kappa shape index (κ3) is 2.29. The van der Waals surface area contributed by atoms with Gasteiger partial charge in [-0.05, 0) is 18.2 Å². The van der Waals surface area contributed by atoms with Crippen molar-refractivity contribution in [1.29, 1.82) is 0 Å². The summed E-state index contributed by atoms with van der Waals surface area (Å²) in [5.41, 5.74) is 3.26. The number of rotatable bonds is 1. The molecule has 2 aromatic carbocycles. The third-order valence-electron chi connectivity index (χ3n) is 3.27. The van der Waals surface area contributed by atoms with Crippen LogP contribution in [-0.4, -0.2) is 4.37 Å². The summed E-state index contributed by atoms with van der Waals surface area (Å²) >= 11 is 1.15. The van der Waals surface area contributed by atoms with Crippen LogP contribution in [0.1, 0.15) is 11.3 Å². The van der Waals surface area contributed by atoms with E-state index in [0.717, 1.165) is 39.6 Å². The molecule has 0 saturated carbocycles. The van der Waals surface area contributed by atoms with E-state index in [1.54, 1.807) is 0 Å². The van der Waals surface area contributed by atoms with Gasteiger partial charge >= 0.3 is 0 Å². The Morgan fingerprint density at radius 1 is 1.05 bits per heavy atom. The Hall–Kier alpha value is -2.86. The van der Waals surface area contributed by atoms with Crippen molar-refractivity contribution >= 4 is 28.4 Å². The quantitative estimate of drug-likeness (QED) is 0.695. The molecule has 1 radical (unpaired) electrons. The first kappa shape index (κ1) is 12.8. The number of fused-ring (bicyclic) bond motifs is 2. The molecule has 0 fully saturated rings. The van der Waals surface area contributed by atoms with Gasteiger partial charge in [0.15, 0.2) is 11.3 Å². The minimum atomic E-state index is 0.636. The van der Waals surface area contributed by atoms with Crippen LogP contribution in [-0.2, 0) is 0 Å². The van der Waals surface area contributed by atoms with E-state index in [9.17, 15) is 0 Å². The molecular weight excluding hydrogens is 298 g/mol. The average molecular weight is 308 g/mol. The van der Waals surface area contributed by atoms with Gasteiger partial charge in [-0.25, -0.2) is 0 Å². The minimum absolute atomic E-state index is 0.636. The van der Waals surface area contributed by atoms with Gasteiger partial charge < -0.3 is 8.69 Å². The zero-order chi connectivity index (χ0) is 14.8. The van der Waals surface area contributed by atoms with Crippen LogP contribution in [0, 0.1) is 6.20 Å². The molecule has 2 heterocycles. The number of benzene rings is 2. The van der Waals surface area contributed by atoms with E-state index in [-0.39, 0.29) is 0 Å². The first-order valence-electron chi connectivity index (χ1n) is 6.62. The SMILES string of the molecule is [C]1=C(c2cc3ccccc3os[nH]2)c2ccccc2ON=N1. The van der Waals surface area contributed by atoms with E-state index in [4.69, 9.17) is 8.69 Å². The number of nitrogens with one attached hydrogen (secondary N) is 1. The van der Waals surface area contributed by atoms with Crippen LogP contribution in [0.4, 0.5) is 0 Å². The van der Waals surface area contributed by atoms with E-state index < -0.39 is 0 Å². The standard InChI is InChI=1S/C16H10N3O2S/c1-3-7-15-11(5-1)9-14(18-22-21-15)13-10-17-19-20-16-8-4-2-6-12(13)16/h1-9,18H. The lowest BCUT2D eigenvalue weighted by molar-refractivity contribution is 0.312. The van der Waals surface area contributed by atoms with Gasteiger partial charge in [-0.3, -0.25) is 4.37 Å². The molecule has 0 spiro atoms. The number of para-hydroxylation sites is 2. The first-order chi connectivity index (χ1) is 10.9. The fraction of sp³-hybridized carbons (Fsp3) is 0. The van der Waals surface area contributed by atoms with Crippen molar-refractivity contribution < 1.29 is 8.69 Å². The Kier molecular flexibility index (Phi) is 3.21. The monoisotopic (exact) mass is 308 g/mol. The molecule has 5 nitrogen and oxygen atoms in total. The largest absolute Gasteiger partial charge is 0.386 e. The molecule has 1 aliphatic rings. The average Bonchev–Trinajstić information content (AvgIpc) is 2.90. The van der Waals surface area contributed by atoms with Crippen LogP contribution in [0.5, 0.6) is 5.75 Å². The number of H-pyrrole nitrogens is 1. The van der Waals surface area contributed by atoms with Crippen LogP contribution >= 0.6 is 11.8 Å². The van der Waals surface area contributed by atoms with Gasteiger partial charge in [0.25, 0.3) is 0 Å². The number of hydrogen-bond donors (Lipinski definition) is 1. The Morgan fingerprint density at radius 3 is 2.91 bits per heavy atom. The van der Waals surface area contributed by atoms with Crippen molar-refractivity contribution in [3.63, 3.8) is 0 Å². The predicted octanol–water partition coefficient (Wildman–Crippen LogP) is 4.90. The molecule has 1 aromatic heterocycles. The van der Waals surface area contributed by atoms with Crippen molar-refractivity contribution in [3.8, 4) is 5.75 Å². The summed E-state index contributed by atoms with van der Waals surface area (Å²) in [5, 5.41) is 8.41. The lowest BCUT2D eigenvalue weighted by Crippen LogP contribution is -1.91. The van der Waals surface area contributed by atoms with Crippen molar-refractivity contribution in [2.75, 3.05) is 0 Å². The summed E-state index contributed by atoms with van der Waals surface area (Å²) < 4.78 is 8.78. The van der Waals surface area contributed by atoms with Gasteiger partial charge in [-0.2, -0.15) is 0 Å². The lowest BCUT2D eigenvalue weighted by atomic mass is 10.0. The maximum absolute atomic E-state index is 5.62. The maximum Gasteiger partial charge on any atom is 0.167 e. The summed E-state index contributed by atoms with van der Waals surface area (Å²) in [7, 11) is 0. The first-order valence-corrected chi connectivity index (χ1v) is 7.36. The van der Waals surface area contributed by atoms with Crippen molar-refractivity contribution in [1.82, 2.24) is 4.37 Å². The molecule has 4 rings (SSSR count). The zero-order valence-corrected chi connectivity index (χ0v) is 12.1. The van der Waals surface area contributed by atoms with E-state index in [1.165, 1.54) is 0 Å². The Labute approximate surface area is 130 Å². The molecule has 0 aliphatic carbocycles.